The highest BCUT2D eigenvalue weighted by Crippen LogP contribution is 2.15. The molecular formula is C14H19BrN2O4. The highest BCUT2D eigenvalue weighted by molar-refractivity contribution is 9.10. The van der Waals surface area contributed by atoms with Gasteiger partial charge in [-0.1, -0.05) is 12.1 Å². The largest absolute Gasteiger partial charge is 0.389 e. The van der Waals surface area contributed by atoms with E-state index in [0.29, 0.717) is 10.0 Å². The van der Waals surface area contributed by atoms with Crippen LogP contribution in [0.4, 0.5) is 0 Å². The molecule has 2 N–H and O–H groups in total. The maximum Gasteiger partial charge on any atom is 0.259 e. The molecule has 0 aliphatic heterocycles. The molecule has 0 aromatic heterocycles. The van der Waals surface area contributed by atoms with Gasteiger partial charge in [0.1, 0.15) is 0 Å². The third-order valence-electron chi connectivity index (χ3n) is 2.67. The van der Waals surface area contributed by atoms with E-state index in [0.717, 1.165) is 0 Å². The first-order chi connectivity index (χ1) is 9.93. The number of halogens is 1. The van der Waals surface area contributed by atoms with Crippen LogP contribution in [0.3, 0.4) is 0 Å². The molecule has 0 saturated heterocycles. The number of likely N-dealkylation sites (N-methyl/N-ethyl adjacent to an activating group) is 1. The standard InChI is InChI=1S/C14H19BrN2O4/c1-17(7-10(18)9-21-2)8-13(19)16-14(20)11-5-3-4-6-12(11)15/h3-6,10,18H,7-9H2,1-2H3,(H,16,19,20). The smallest absolute Gasteiger partial charge is 0.259 e. The Morgan fingerprint density at radius 2 is 2.10 bits per heavy atom. The number of methoxy groups -OCH3 is 1. The summed E-state index contributed by atoms with van der Waals surface area (Å²) in [6, 6.07) is 6.86. The number of nitrogens with one attached hydrogen (secondary N) is 1. The zero-order chi connectivity index (χ0) is 15.8. The van der Waals surface area contributed by atoms with Crippen LogP contribution in [0.5, 0.6) is 0 Å². The quantitative estimate of drug-likeness (QED) is 0.747. The molecular weight excluding hydrogens is 340 g/mol. The monoisotopic (exact) mass is 358 g/mol. The number of benzene rings is 1. The molecule has 21 heavy (non-hydrogen) atoms. The molecule has 0 aliphatic rings. The summed E-state index contributed by atoms with van der Waals surface area (Å²) in [5.41, 5.74) is 0.396. The van der Waals surface area contributed by atoms with Gasteiger partial charge in [-0.25, -0.2) is 0 Å². The predicted octanol–water partition coefficient (Wildman–Crippen LogP) is 0.645. The van der Waals surface area contributed by atoms with E-state index in [1.807, 2.05) is 0 Å². The molecule has 6 nitrogen and oxygen atoms in total. The number of carbonyl (C=O) groups is 2. The predicted molar refractivity (Wildman–Crippen MR) is 82.0 cm³/mol. The number of carbonyl (C=O) groups excluding carboxylic acids is 2. The second kappa shape index (κ2) is 8.89. The molecule has 0 heterocycles. The summed E-state index contributed by atoms with van der Waals surface area (Å²) in [5, 5.41) is 11.9. The fourth-order valence-corrected chi connectivity index (χ4v) is 2.26. The minimum absolute atomic E-state index is 0.0109. The van der Waals surface area contributed by atoms with Gasteiger partial charge in [0.25, 0.3) is 5.91 Å². The first kappa shape index (κ1) is 17.8. The molecule has 0 spiro atoms. The van der Waals surface area contributed by atoms with E-state index in [1.165, 1.54) is 7.11 Å². The van der Waals surface area contributed by atoms with Crippen molar-refractivity contribution in [2.24, 2.45) is 0 Å². The lowest BCUT2D eigenvalue weighted by molar-refractivity contribution is -0.121. The number of aliphatic hydroxyl groups excluding tert-OH is 1. The van der Waals surface area contributed by atoms with E-state index in [-0.39, 0.29) is 19.7 Å². The van der Waals surface area contributed by atoms with Crippen LogP contribution >= 0.6 is 15.9 Å². The maximum atomic E-state index is 11.9. The lowest BCUT2D eigenvalue weighted by Gasteiger charge is -2.19. The van der Waals surface area contributed by atoms with Crippen molar-refractivity contribution in [1.29, 1.82) is 0 Å². The van der Waals surface area contributed by atoms with Gasteiger partial charge in [0.05, 0.1) is 24.8 Å². The van der Waals surface area contributed by atoms with Crippen LogP contribution in [0.2, 0.25) is 0 Å². The molecule has 0 aliphatic carbocycles. The van der Waals surface area contributed by atoms with Gasteiger partial charge in [-0.2, -0.15) is 0 Å². The second-order valence-electron chi connectivity index (χ2n) is 4.66. The highest BCUT2D eigenvalue weighted by atomic mass is 79.9. The summed E-state index contributed by atoms with van der Waals surface area (Å²) in [4.78, 5) is 25.3. The zero-order valence-electron chi connectivity index (χ0n) is 12.0. The fourth-order valence-electron chi connectivity index (χ4n) is 1.79. The van der Waals surface area contributed by atoms with Crippen LogP contribution in [0.15, 0.2) is 28.7 Å². The Hall–Kier alpha value is -1.28. The van der Waals surface area contributed by atoms with E-state index in [2.05, 4.69) is 21.2 Å². The molecule has 1 unspecified atom stereocenters. The van der Waals surface area contributed by atoms with Crippen molar-refractivity contribution in [1.82, 2.24) is 10.2 Å². The molecule has 0 fully saturated rings. The van der Waals surface area contributed by atoms with Crippen molar-refractivity contribution >= 4 is 27.7 Å². The number of ether oxygens (including phenoxy) is 1. The summed E-state index contributed by atoms with van der Waals surface area (Å²) in [7, 11) is 3.17. The Labute approximate surface area is 132 Å². The van der Waals surface area contributed by atoms with E-state index in [9.17, 15) is 14.7 Å². The Kier molecular flexibility index (Phi) is 7.52. The molecule has 1 aromatic rings. The van der Waals surface area contributed by atoms with Crippen LogP contribution in [-0.4, -0.2) is 61.8 Å². The van der Waals surface area contributed by atoms with E-state index >= 15 is 0 Å². The van der Waals surface area contributed by atoms with Gasteiger partial charge in [0, 0.05) is 18.1 Å². The molecule has 2 amide bonds. The molecule has 1 rings (SSSR count). The number of imide groups is 1. The molecule has 7 heteroatoms. The zero-order valence-corrected chi connectivity index (χ0v) is 13.6. The number of hydrogen-bond acceptors (Lipinski definition) is 5. The third-order valence-corrected chi connectivity index (χ3v) is 3.36. The van der Waals surface area contributed by atoms with Crippen molar-refractivity contribution in [2.45, 2.75) is 6.10 Å². The minimum Gasteiger partial charge on any atom is -0.389 e. The van der Waals surface area contributed by atoms with E-state index in [4.69, 9.17) is 4.74 Å². The van der Waals surface area contributed by atoms with Crippen molar-refractivity contribution in [3.63, 3.8) is 0 Å². The molecule has 0 saturated carbocycles. The molecule has 116 valence electrons. The molecule has 1 atom stereocenters. The highest BCUT2D eigenvalue weighted by Gasteiger charge is 2.15. The summed E-state index contributed by atoms with van der Waals surface area (Å²) in [6.45, 7) is 0.489. The summed E-state index contributed by atoms with van der Waals surface area (Å²) in [6.07, 6.45) is -0.674. The second-order valence-corrected chi connectivity index (χ2v) is 5.52. The van der Waals surface area contributed by atoms with E-state index in [1.54, 1.807) is 36.2 Å². The summed E-state index contributed by atoms with van der Waals surface area (Å²) >= 11 is 3.26. The van der Waals surface area contributed by atoms with Crippen LogP contribution < -0.4 is 5.32 Å². The van der Waals surface area contributed by atoms with Gasteiger partial charge in [0.2, 0.25) is 5.91 Å². The van der Waals surface area contributed by atoms with Crippen molar-refractivity contribution in [3.05, 3.63) is 34.3 Å². The average Bonchev–Trinajstić information content (AvgIpc) is 2.38. The van der Waals surface area contributed by atoms with Crippen molar-refractivity contribution in [3.8, 4) is 0 Å². The Morgan fingerprint density at radius 1 is 1.43 bits per heavy atom. The molecule has 1 aromatic carbocycles. The molecule has 0 radical (unpaired) electrons. The van der Waals surface area contributed by atoms with Gasteiger partial charge < -0.3 is 9.84 Å². The summed E-state index contributed by atoms with van der Waals surface area (Å²) in [5.74, 6) is -0.888. The number of amides is 2. The van der Waals surface area contributed by atoms with Crippen LogP contribution in [0.25, 0.3) is 0 Å². The number of rotatable bonds is 7. The van der Waals surface area contributed by atoms with Crippen molar-refractivity contribution < 1.29 is 19.4 Å². The topological polar surface area (TPSA) is 78.9 Å². The first-order valence-corrected chi connectivity index (χ1v) is 7.17. The third kappa shape index (κ3) is 6.34. The Balaban J connectivity index is 2.47. The van der Waals surface area contributed by atoms with Gasteiger partial charge in [0.15, 0.2) is 0 Å². The first-order valence-electron chi connectivity index (χ1n) is 6.38. The summed E-state index contributed by atoms with van der Waals surface area (Å²) < 4.78 is 5.43. The lowest BCUT2D eigenvalue weighted by Crippen LogP contribution is -2.41. The van der Waals surface area contributed by atoms with E-state index < -0.39 is 17.9 Å². The Morgan fingerprint density at radius 3 is 2.71 bits per heavy atom. The maximum absolute atomic E-state index is 11.9. The lowest BCUT2D eigenvalue weighted by atomic mass is 10.2. The normalized spacial score (nSPS) is 12.2. The van der Waals surface area contributed by atoms with Gasteiger partial charge in [-0.15, -0.1) is 0 Å². The van der Waals surface area contributed by atoms with Gasteiger partial charge >= 0.3 is 0 Å². The fraction of sp³-hybridized carbons (Fsp3) is 0.429. The number of aliphatic hydroxyl groups is 1. The number of hydrogen-bond donors (Lipinski definition) is 2. The molecule has 0 bridgehead atoms. The van der Waals surface area contributed by atoms with Crippen LogP contribution in [-0.2, 0) is 9.53 Å². The van der Waals surface area contributed by atoms with Crippen LogP contribution in [0, 0.1) is 0 Å². The van der Waals surface area contributed by atoms with Crippen molar-refractivity contribution in [2.75, 3.05) is 33.9 Å². The van der Waals surface area contributed by atoms with Crippen LogP contribution in [0.1, 0.15) is 10.4 Å². The Bertz CT molecular complexity index is 496. The SMILES string of the molecule is COCC(O)CN(C)CC(=O)NC(=O)c1ccccc1Br. The van der Waals surface area contributed by atoms with Gasteiger partial charge in [-0.05, 0) is 35.1 Å². The van der Waals surface area contributed by atoms with Gasteiger partial charge in [-0.3, -0.25) is 19.8 Å². The number of nitrogens with zero attached hydrogens (tertiary/aromatic N) is 1. The minimum atomic E-state index is -0.674. The average molecular weight is 359 g/mol.